The first kappa shape index (κ1) is 13.7. The third kappa shape index (κ3) is 4.17. The molecule has 0 saturated heterocycles. The Kier molecular flexibility index (Phi) is 5.66. The van der Waals surface area contributed by atoms with Gasteiger partial charge in [-0.1, -0.05) is 30.3 Å². The van der Waals surface area contributed by atoms with Crippen molar-refractivity contribution < 1.29 is 9.90 Å². The average Bonchev–Trinajstić information content (AvgIpc) is 2.36. The molecule has 1 atom stereocenters. The van der Waals surface area contributed by atoms with Crippen LogP contribution < -0.4 is 5.73 Å². The Hall–Kier alpha value is -1.39. The van der Waals surface area contributed by atoms with E-state index in [1.807, 2.05) is 37.3 Å². The van der Waals surface area contributed by atoms with Crippen LogP contribution in [0.4, 0.5) is 0 Å². The predicted molar refractivity (Wildman–Crippen MR) is 67.5 cm³/mol. The number of nitrogens with two attached hydrogens (primary N) is 1. The van der Waals surface area contributed by atoms with Gasteiger partial charge < -0.3 is 15.7 Å². The van der Waals surface area contributed by atoms with Crippen LogP contribution in [-0.4, -0.2) is 41.7 Å². The number of benzene rings is 1. The molecule has 4 heteroatoms. The average molecular weight is 236 g/mol. The summed E-state index contributed by atoms with van der Waals surface area (Å²) >= 11 is 0. The van der Waals surface area contributed by atoms with Crippen molar-refractivity contribution in [2.24, 2.45) is 5.73 Å². The predicted octanol–water partition coefficient (Wildman–Crippen LogP) is 0.397. The molecule has 4 nitrogen and oxygen atoms in total. The molecule has 0 aliphatic rings. The van der Waals surface area contributed by atoms with Crippen LogP contribution in [0.15, 0.2) is 30.3 Å². The standard InChI is InChI=1S/C13H20N2O2/c1-2-15(8-9-16)13(17)12(14)10-11-6-4-3-5-7-11/h3-7,12,16H,2,8-10,14H2,1H3/t12-/m0/s1. The van der Waals surface area contributed by atoms with E-state index in [1.54, 1.807) is 4.90 Å². The van der Waals surface area contributed by atoms with Crippen LogP contribution in [0.2, 0.25) is 0 Å². The highest BCUT2D eigenvalue weighted by atomic mass is 16.3. The summed E-state index contributed by atoms with van der Waals surface area (Å²) in [6.45, 7) is 2.76. The summed E-state index contributed by atoms with van der Waals surface area (Å²) < 4.78 is 0. The SMILES string of the molecule is CCN(CCO)C(=O)[C@@H](N)Cc1ccccc1. The molecule has 0 aliphatic heterocycles. The Morgan fingerprint density at radius 2 is 2.06 bits per heavy atom. The lowest BCUT2D eigenvalue weighted by molar-refractivity contribution is -0.132. The van der Waals surface area contributed by atoms with Gasteiger partial charge in [-0.2, -0.15) is 0 Å². The molecule has 94 valence electrons. The molecule has 1 aromatic rings. The molecular formula is C13H20N2O2. The maximum atomic E-state index is 12.0. The minimum absolute atomic E-state index is 0.0301. The molecule has 0 aromatic heterocycles. The molecule has 1 aromatic carbocycles. The van der Waals surface area contributed by atoms with Gasteiger partial charge in [-0.05, 0) is 18.9 Å². The van der Waals surface area contributed by atoms with Gasteiger partial charge in [0.25, 0.3) is 0 Å². The number of aliphatic hydroxyl groups is 1. The fourth-order valence-corrected chi connectivity index (χ4v) is 1.73. The van der Waals surface area contributed by atoms with Gasteiger partial charge in [-0.15, -0.1) is 0 Å². The quantitative estimate of drug-likeness (QED) is 0.751. The number of likely N-dealkylation sites (N-methyl/N-ethyl adjacent to an activating group) is 1. The maximum absolute atomic E-state index is 12.0. The Bertz CT molecular complexity index is 341. The third-order valence-electron chi connectivity index (χ3n) is 2.68. The van der Waals surface area contributed by atoms with Crippen LogP contribution in [0.3, 0.4) is 0 Å². The van der Waals surface area contributed by atoms with E-state index >= 15 is 0 Å². The number of nitrogens with zero attached hydrogens (tertiary/aromatic N) is 1. The topological polar surface area (TPSA) is 66.6 Å². The highest BCUT2D eigenvalue weighted by Crippen LogP contribution is 2.04. The Labute approximate surface area is 102 Å². The van der Waals surface area contributed by atoms with E-state index in [0.717, 1.165) is 5.56 Å². The Balaban J connectivity index is 2.57. The molecule has 1 rings (SSSR count). The fourth-order valence-electron chi connectivity index (χ4n) is 1.73. The van der Waals surface area contributed by atoms with Crippen molar-refractivity contribution in [3.63, 3.8) is 0 Å². The third-order valence-corrected chi connectivity index (χ3v) is 2.68. The Morgan fingerprint density at radius 3 is 2.59 bits per heavy atom. The van der Waals surface area contributed by atoms with E-state index in [0.29, 0.717) is 19.5 Å². The first-order chi connectivity index (χ1) is 8.19. The van der Waals surface area contributed by atoms with Crippen LogP contribution in [0.25, 0.3) is 0 Å². The number of carbonyl (C=O) groups is 1. The zero-order chi connectivity index (χ0) is 12.7. The van der Waals surface area contributed by atoms with Crippen LogP contribution in [0.5, 0.6) is 0 Å². The highest BCUT2D eigenvalue weighted by molar-refractivity contribution is 5.82. The fraction of sp³-hybridized carbons (Fsp3) is 0.462. The minimum Gasteiger partial charge on any atom is -0.395 e. The Morgan fingerprint density at radius 1 is 1.41 bits per heavy atom. The van der Waals surface area contributed by atoms with Crippen molar-refractivity contribution in [3.05, 3.63) is 35.9 Å². The van der Waals surface area contributed by atoms with Gasteiger partial charge in [0, 0.05) is 13.1 Å². The van der Waals surface area contributed by atoms with Crippen molar-refractivity contribution in [2.45, 2.75) is 19.4 Å². The molecular weight excluding hydrogens is 216 g/mol. The smallest absolute Gasteiger partial charge is 0.239 e. The summed E-state index contributed by atoms with van der Waals surface area (Å²) in [7, 11) is 0. The number of rotatable bonds is 6. The van der Waals surface area contributed by atoms with E-state index in [2.05, 4.69) is 0 Å². The number of carbonyl (C=O) groups excluding carboxylic acids is 1. The van der Waals surface area contributed by atoms with Gasteiger partial charge in [-0.3, -0.25) is 4.79 Å². The second kappa shape index (κ2) is 7.04. The van der Waals surface area contributed by atoms with Crippen molar-refractivity contribution in [1.82, 2.24) is 4.90 Å². The molecule has 3 N–H and O–H groups in total. The lowest BCUT2D eigenvalue weighted by Crippen LogP contribution is -2.45. The molecule has 1 amide bonds. The van der Waals surface area contributed by atoms with Crippen molar-refractivity contribution in [2.75, 3.05) is 19.7 Å². The summed E-state index contributed by atoms with van der Waals surface area (Å²) in [5.74, 6) is -0.106. The van der Waals surface area contributed by atoms with Gasteiger partial charge in [0.15, 0.2) is 0 Å². The van der Waals surface area contributed by atoms with Gasteiger partial charge in [0.1, 0.15) is 0 Å². The summed E-state index contributed by atoms with van der Waals surface area (Å²) in [5.41, 5.74) is 6.93. The minimum atomic E-state index is -0.538. The largest absolute Gasteiger partial charge is 0.395 e. The lowest BCUT2D eigenvalue weighted by Gasteiger charge is -2.23. The summed E-state index contributed by atoms with van der Waals surface area (Å²) in [6, 6.07) is 9.16. The number of hydrogen-bond donors (Lipinski definition) is 2. The van der Waals surface area contributed by atoms with E-state index in [4.69, 9.17) is 10.8 Å². The van der Waals surface area contributed by atoms with Crippen molar-refractivity contribution in [1.29, 1.82) is 0 Å². The lowest BCUT2D eigenvalue weighted by atomic mass is 10.1. The normalized spacial score (nSPS) is 12.2. The van der Waals surface area contributed by atoms with E-state index < -0.39 is 6.04 Å². The second-order valence-electron chi connectivity index (χ2n) is 3.94. The molecule has 0 spiro atoms. The van der Waals surface area contributed by atoms with Crippen LogP contribution in [0.1, 0.15) is 12.5 Å². The van der Waals surface area contributed by atoms with E-state index in [1.165, 1.54) is 0 Å². The summed E-state index contributed by atoms with van der Waals surface area (Å²) in [6.07, 6.45) is 0.529. The van der Waals surface area contributed by atoms with Crippen LogP contribution in [-0.2, 0) is 11.2 Å². The first-order valence-electron chi connectivity index (χ1n) is 5.88. The van der Waals surface area contributed by atoms with Crippen LogP contribution >= 0.6 is 0 Å². The molecule has 0 unspecified atom stereocenters. The molecule has 17 heavy (non-hydrogen) atoms. The van der Waals surface area contributed by atoms with Gasteiger partial charge in [0.05, 0.1) is 12.6 Å². The number of hydrogen-bond acceptors (Lipinski definition) is 3. The van der Waals surface area contributed by atoms with E-state index in [9.17, 15) is 4.79 Å². The van der Waals surface area contributed by atoms with Crippen LogP contribution in [0, 0.1) is 0 Å². The first-order valence-corrected chi connectivity index (χ1v) is 5.88. The number of aliphatic hydroxyl groups excluding tert-OH is 1. The molecule has 0 radical (unpaired) electrons. The van der Waals surface area contributed by atoms with Gasteiger partial charge in [0.2, 0.25) is 5.91 Å². The zero-order valence-corrected chi connectivity index (χ0v) is 10.2. The molecule has 0 fully saturated rings. The molecule has 0 saturated carbocycles. The summed E-state index contributed by atoms with van der Waals surface area (Å²) in [4.78, 5) is 13.5. The van der Waals surface area contributed by atoms with Gasteiger partial charge >= 0.3 is 0 Å². The van der Waals surface area contributed by atoms with Crippen molar-refractivity contribution in [3.8, 4) is 0 Å². The number of amides is 1. The van der Waals surface area contributed by atoms with E-state index in [-0.39, 0.29) is 12.5 Å². The molecule has 0 heterocycles. The second-order valence-corrected chi connectivity index (χ2v) is 3.94. The highest BCUT2D eigenvalue weighted by Gasteiger charge is 2.19. The molecule has 0 bridgehead atoms. The van der Waals surface area contributed by atoms with Gasteiger partial charge in [-0.25, -0.2) is 0 Å². The molecule has 0 aliphatic carbocycles. The van der Waals surface area contributed by atoms with Crippen molar-refractivity contribution >= 4 is 5.91 Å². The maximum Gasteiger partial charge on any atom is 0.239 e. The monoisotopic (exact) mass is 236 g/mol. The zero-order valence-electron chi connectivity index (χ0n) is 10.2. The summed E-state index contributed by atoms with van der Waals surface area (Å²) in [5, 5.41) is 8.85.